The van der Waals surface area contributed by atoms with Gasteiger partial charge >= 0.3 is 0 Å². The molecule has 5 nitrogen and oxygen atoms in total. The Morgan fingerprint density at radius 1 is 1.43 bits per heavy atom. The zero-order valence-corrected chi connectivity index (χ0v) is 14.6. The van der Waals surface area contributed by atoms with Crippen LogP contribution in [0.4, 0.5) is 0 Å². The first-order valence-corrected chi connectivity index (χ1v) is 8.04. The third-order valence-corrected chi connectivity index (χ3v) is 4.58. The van der Waals surface area contributed by atoms with Crippen LogP contribution in [0.1, 0.15) is 37.4 Å². The van der Waals surface area contributed by atoms with Crippen LogP contribution in [0.3, 0.4) is 0 Å². The summed E-state index contributed by atoms with van der Waals surface area (Å²) in [4.78, 5) is 19.4. The van der Waals surface area contributed by atoms with E-state index in [0.29, 0.717) is 12.6 Å². The first-order valence-electron chi connectivity index (χ1n) is 8.04. The number of aryl methyl sites for hydroxylation is 1. The number of halogens is 1. The number of rotatable bonds is 3. The van der Waals surface area contributed by atoms with E-state index in [2.05, 4.69) is 11.8 Å². The number of nitrogens with zero attached hydrogens (tertiary/aromatic N) is 3. The first kappa shape index (κ1) is 17.9. The van der Waals surface area contributed by atoms with Crippen molar-refractivity contribution in [1.29, 1.82) is 0 Å². The summed E-state index contributed by atoms with van der Waals surface area (Å²) in [6.07, 6.45) is 5.32. The summed E-state index contributed by atoms with van der Waals surface area (Å²) >= 11 is 0. The predicted octanol–water partition coefficient (Wildman–Crippen LogP) is 2.13. The zero-order chi connectivity index (χ0) is 15.7. The van der Waals surface area contributed by atoms with Gasteiger partial charge in [0.15, 0.2) is 0 Å². The molecule has 23 heavy (non-hydrogen) atoms. The van der Waals surface area contributed by atoms with E-state index in [1.54, 1.807) is 16.7 Å². The van der Waals surface area contributed by atoms with E-state index in [9.17, 15) is 4.79 Å². The van der Waals surface area contributed by atoms with Crippen LogP contribution in [0, 0.1) is 6.92 Å². The van der Waals surface area contributed by atoms with Crippen LogP contribution in [-0.2, 0) is 6.54 Å². The standard InChI is InChI=1S/C17H24N4O.ClH/c1-12-6-5-9-21-16(22)10-14(19-17(12)21)11-20-8-4-3-7-15(20)13(2)18;/h5-6,9-10,13,15H,3-4,7-8,11,18H2,1-2H3;1H. The van der Waals surface area contributed by atoms with E-state index in [1.165, 1.54) is 12.8 Å². The highest BCUT2D eigenvalue weighted by atomic mass is 35.5. The molecule has 0 saturated carbocycles. The average molecular weight is 337 g/mol. The molecule has 2 N–H and O–H groups in total. The molecule has 0 bridgehead atoms. The lowest BCUT2D eigenvalue weighted by Gasteiger charge is -2.37. The minimum Gasteiger partial charge on any atom is -0.327 e. The van der Waals surface area contributed by atoms with Crippen molar-refractivity contribution in [2.45, 2.75) is 51.7 Å². The summed E-state index contributed by atoms with van der Waals surface area (Å²) in [5.41, 5.74) is 8.72. The van der Waals surface area contributed by atoms with Crippen LogP contribution in [0.5, 0.6) is 0 Å². The van der Waals surface area contributed by atoms with Gasteiger partial charge in [-0.05, 0) is 44.9 Å². The quantitative estimate of drug-likeness (QED) is 0.932. The van der Waals surface area contributed by atoms with Crippen LogP contribution >= 0.6 is 12.4 Å². The molecule has 2 aromatic rings. The van der Waals surface area contributed by atoms with Crippen LogP contribution in [-0.4, -0.2) is 32.9 Å². The lowest BCUT2D eigenvalue weighted by atomic mass is 9.97. The lowest BCUT2D eigenvalue weighted by molar-refractivity contribution is 0.121. The van der Waals surface area contributed by atoms with Crippen LogP contribution < -0.4 is 11.3 Å². The SMILES string of the molecule is Cc1cccn2c(=O)cc(CN3CCCCC3C(C)N)nc12.Cl. The van der Waals surface area contributed by atoms with Crippen molar-refractivity contribution in [3.63, 3.8) is 0 Å². The van der Waals surface area contributed by atoms with Gasteiger partial charge in [-0.15, -0.1) is 12.4 Å². The van der Waals surface area contributed by atoms with Crippen LogP contribution in [0.15, 0.2) is 29.2 Å². The van der Waals surface area contributed by atoms with Gasteiger partial charge < -0.3 is 5.73 Å². The summed E-state index contributed by atoms with van der Waals surface area (Å²) in [6, 6.07) is 6.03. The van der Waals surface area contributed by atoms with Crippen molar-refractivity contribution < 1.29 is 0 Å². The second kappa shape index (κ2) is 7.43. The van der Waals surface area contributed by atoms with Crippen molar-refractivity contribution in [3.8, 4) is 0 Å². The lowest BCUT2D eigenvalue weighted by Crippen LogP contribution is -2.48. The van der Waals surface area contributed by atoms with Gasteiger partial charge in [0.05, 0.1) is 5.69 Å². The number of pyridine rings is 1. The second-order valence-corrected chi connectivity index (χ2v) is 6.36. The second-order valence-electron chi connectivity index (χ2n) is 6.36. The molecule has 0 radical (unpaired) electrons. The fourth-order valence-electron chi connectivity index (χ4n) is 3.41. The number of hydrogen-bond acceptors (Lipinski definition) is 4. The van der Waals surface area contributed by atoms with Crippen LogP contribution in [0.2, 0.25) is 0 Å². The summed E-state index contributed by atoms with van der Waals surface area (Å²) < 4.78 is 1.61. The van der Waals surface area contributed by atoms with Gasteiger partial charge in [0, 0.05) is 30.9 Å². The number of fused-ring (bicyclic) bond motifs is 1. The van der Waals surface area contributed by atoms with Crippen molar-refractivity contribution in [2.75, 3.05) is 6.54 Å². The van der Waals surface area contributed by atoms with E-state index >= 15 is 0 Å². The Labute approximate surface area is 142 Å². The molecule has 2 unspecified atom stereocenters. The third-order valence-electron chi connectivity index (χ3n) is 4.58. The normalized spacial score (nSPS) is 20.2. The Morgan fingerprint density at radius 3 is 2.96 bits per heavy atom. The minimum atomic E-state index is -0.0157. The highest BCUT2D eigenvalue weighted by Gasteiger charge is 2.25. The number of piperidine rings is 1. The van der Waals surface area contributed by atoms with Gasteiger partial charge in [0.25, 0.3) is 5.56 Å². The van der Waals surface area contributed by atoms with Crippen molar-refractivity contribution in [3.05, 3.63) is 46.0 Å². The van der Waals surface area contributed by atoms with E-state index in [4.69, 9.17) is 10.7 Å². The molecule has 3 rings (SSSR count). The molecule has 3 heterocycles. The van der Waals surface area contributed by atoms with Gasteiger partial charge in [-0.2, -0.15) is 0 Å². The maximum Gasteiger partial charge on any atom is 0.258 e. The van der Waals surface area contributed by atoms with Gasteiger partial charge in [-0.25, -0.2) is 4.98 Å². The fourth-order valence-corrected chi connectivity index (χ4v) is 3.41. The van der Waals surface area contributed by atoms with E-state index in [-0.39, 0.29) is 24.0 Å². The van der Waals surface area contributed by atoms with Crippen molar-refractivity contribution >= 4 is 18.1 Å². The molecule has 2 atom stereocenters. The van der Waals surface area contributed by atoms with Gasteiger partial charge in [0.2, 0.25) is 0 Å². The van der Waals surface area contributed by atoms with Crippen LogP contribution in [0.25, 0.3) is 5.65 Å². The maximum absolute atomic E-state index is 12.3. The average Bonchev–Trinajstić information content (AvgIpc) is 2.49. The molecule has 0 aliphatic carbocycles. The Hall–Kier alpha value is -1.43. The molecule has 1 aliphatic rings. The number of hydrogen-bond donors (Lipinski definition) is 1. The molecular weight excluding hydrogens is 312 g/mol. The Balaban J connectivity index is 0.00000192. The Morgan fingerprint density at radius 2 is 2.22 bits per heavy atom. The number of nitrogens with two attached hydrogens (primary N) is 1. The largest absolute Gasteiger partial charge is 0.327 e. The molecule has 1 fully saturated rings. The molecule has 1 aliphatic heterocycles. The van der Waals surface area contributed by atoms with E-state index in [0.717, 1.165) is 29.9 Å². The summed E-state index contributed by atoms with van der Waals surface area (Å²) in [7, 11) is 0. The van der Waals surface area contributed by atoms with E-state index in [1.807, 2.05) is 19.1 Å². The maximum atomic E-state index is 12.3. The minimum absolute atomic E-state index is 0. The summed E-state index contributed by atoms with van der Waals surface area (Å²) in [5.74, 6) is 0. The molecule has 0 spiro atoms. The summed E-state index contributed by atoms with van der Waals surface area (Å²) in [6.45, 7) is 5.78. The van der Waals surface area contributed by atoms with Gasteiger partial charge in [-0.3, -0.25) is 14.1 Å². The molecule has 6 heteroatoms. The molecule has 0 aromatic carbocycles. The number of likely N-dealkylation sites (tertiary alicyclic amines) is 1. The van der Waals surface area contributed by atoms with Crippen molar-refractivity contribution in [2.24, 2.45) is 5.73 Å². The summed E-state index contributed by atoms with van der Waals surface area (Å²) in [5, 5.41) is 0. The highest BCUT2D eigenvalue weighted by Crippen LogP contribution is 2.21. The molecule has 126 valence electrons. The van der Waals surface area contributed by atoms with Gasteiger partial charge in [-0.1, -0.05) is 12.5 Å². The van der Waals surface area contributed by atoms with Gasteiger partial charge in [0.1, 0.15) is 5.65 Å². The Bertz CT molecular complexity index is 728. The molecule has 1 saturated heterocycles. The first-order chi connectivity index (χ1) is 10.6. The fraction of sp³-hybridized carbons (Fsp3) is 0.529. The molecule has 2 aromatic heterocycles. The Kier molecular flexibility index (Phi) is 5.79. The van der Waals surface area contributed by atoms with Crippen molar-refractivity contribution in [1.82, 2.24) is 14.3 Å². The zero-order valence-electron chi connectivity index (χ0n) is 13.7. The predicted molar refractivity (Wildman–Crippen MR) is 95.1 cm³/mol. The highest BCUT2D eigenvalue weighted by molar-refractivity contribution is 5.85. The smallest absolute Gasteiger partial charge is 0.258 e. The third kappa shape index (κ3) is 3.74. The topological polar surface area (TPSA) is 63.6 Å². The number of aromatic nitrogens is 2. The molecular formula is C17H25ClN4O. The molecule has 0 amide bonds. The monoisotopic (exact) mass is 336 g/mol. The van der Waals surface area contributed by atoms with E-state index < -0.39 is 0 Å².